The second-order valence-electron chi connectivity index (χ2n) is 6.39. The molecule has 2 rings (SSSR count). The molecule has 0 fully saturated rings. The Balaban J connectivity index is 2.00. The summed E-state index contributed by atoms with van der Waals surface area (Å²) in [6.07, 6.45) is 2.50. The first kappa shape index (κ1) is 18.4. The van der Waals surface area contributed by atoms with E-state index in [9.17, 15) is 14.0 Å². The summed E-state index contributed by atoms with van der Waals surface area (Å²) in [7, 11) is 0. The standard InChI is InChI=1S/C17H20FN3O4/c1-17(2,3)25-16(24)19-7-8-21-10-11(9-20-21)12-5-4-6-13(14(12)18)15(22)23/h4-6,9-10H,7-8H2,1-3H3,(H,19,24)(H,22,23). The van der Waals surface area contributed by atoms with E-state index in [0.717, 1.165) is 0 Å². The summed E-state index contributed by atoms with van der Waals surface area (Å²) >= 11 is 0. The average molecular weight is 349 g/mol. The Morgan fingerprint density at radius 3 is 2.72 bits per heavy atom. The number of halogens is 1. The SMILES string of the molecule is CC(C)(C)OC(=O)NCCn1cc(-c2cccc(C(=O)O)c2F)cn1. The third-order valence-electron chi connectivity index (χ3n) is 3.18. The summed E-state index contributed by atoms with van der Waals surface area (Å²) in [5.74, 6) is -2.13. The number of benzene rings is 1. The molecule has 2 N–H and O–H groups in total. The van der Waals surface area contributed by atoms with Crippen molar-refractivity contribution in [1.29, 1.82) is 0 Å². The fourth-order valence-corrected chi connectivity index (χ4v) is 2.13. The molecule has 0 saturated heterocycles. The number of aromatic carboxylic acids is 1. The molecule has 8 heteroatoms. The van der Waals surface area contributed by atoms with Crippen LogP contribution in [0.25, 0.3) is 11.1 Å². The number of carboxylic acids is 1. The van der Waals surface area contributed by atoms with Crippen LogP contribution in [0, 0.1) is 5.82 Å². The molecular weight excluding hydrogens is 329 g/mol. The van der Waals surface area contributed by atoms with Crippen LogP contribution in [-0.2, 0) is 11.3 Å². The van der Waals surface area contributed by atoms with E-state index >= 15 is 0 Å². The summed E-state index contributed by atoms with van der Waals surface area (Å²) in [5, 5.41) is 15.7. The van der Waals surface area contributed by atoms with E-state index in [1.54, 1.807) is 27.0 Å². The maximum Gasteiger partial charge on any atom is 0.407 e. The van der Waals surface area contributed by atoms with Gasteiger partial charge in [0.2, 0.25) is 0 Å². The van der Waals surface area contributed by atoms with Crippen LogP contribution in [0.4, 0.5) is 9.18 Å². The summed E-state index contributed by atoms with van der Waals surface area (Å²) < 4.78 is 20.9. The van der Waals surface area contributed by atoms with Gasteiger partial charge < -0.3 is 15.2 Å². The van der Waals surface area contributed by atoms with Crippen LogP contribution in [0.1, 0.15) is 31.1 Å². The molecule has 0 atom stereocenters. The largest absolute Gasteiger partial charge is 0.478 e. The number of amides is 1. The number of ether oxygens (including phenoxy) is 1. The molecule has 1 heterocycles. The summed E-state index contributed by atoms with van der Waals surface area (Å²) in [6, 6.07) is 4.17. The zero-order chi connectivity index (χ0) is 18.6. The quantitative estimate of drug-likeness (QED) is 0.866. The molecule has 1 amide bonds. The number of carbonyl (C=O) groups excluding carboxylic acids is 1. The minimum Gasteiger partial charge on any atom is -0.478 e. The predicted octanol–water partition coefficient (Wildman–Crippen LogP) is 2.91. The van der Waals surface area contributed by atoms with Gasteiger partial charge in [-0.3, -0.25) is 4.68 Å². The van der Waals surface area contributed by atoms with Gasteiger partial charge in [-0.05, 0) is 26.8 Å². The second-order valence-corrected chi connectivity index (χ2v) is 6.39. The first-order valence-corrected chi connectivity index (χ1v) is 7.69. The molecule has 0 aliphatic carbocycles. The first-order chi connectivity index (χ1) is 11.7. The van der Waals surface area contributed by atoms with Gasteiger partial charge in [0, 0.05) is 23.9 Å². The Kier molecular flexibility index (Phi) is 5.41. The molecule has 134 valence electrons. The number of nitrogens with zero attached hydrogens (tertiary/aromatic N) is 2. The molecule has 0 spiro atoms. The smallest absolute Gasteiger partial charge is 0.407 e. The van der Waals surface area contributed by atoms with Gasteiger partial charge in [-0.25, -0.2) is 14.0 Å². The lowest BCUT2D eigenvalue weighted by atomic mass is 10.1. The predicted molar refractivity (Wildman–Crippen MR) is 88.8 cm³/mol. The van der Waals surface area contributed by atoms with Crippen molar-refractivity contribution >= 4 is 12.1 Å². The highest BCUT2D eigenvalue weighted by Gasteiger charge is 2.17. The highest BCUT2D eigenvalue weighted by atomic mass is 19.1. The number of rotatable bonds is 5. The van der Waals surface area contributed by atoms with Gasteiger partial charge in [-0.2, -0.15) is 5.10 Å². The van der Waals surface area contributed by atoms with E-state index in [0.29, 0.717) is 12.1 Å². The van der Waals surface area contributed by atoms with Gasteiger partial charge in [0.1, 0.15) is 11.4 Å². The minimum atomic E-state index is -1.33. The Hall–Kier alpha value is -2.90. The molecule has 0 unspecified atom stereocenters. The molecule has 25 heavy (non-hydrogen) atoms. The number of carbonyl (C=O) groups is 2. The maximum atomic E-state index is 14.2. The van der Waals surface area contributed by atoms with Crippen LogP contribution in [0.2, 0.25) is 0 Å². The van der Waals surface area contributed by atoms with E-state index < -0.39 is 29.0 Å². The molecule has 7 nitrogen and oxygen atoms in total. The molecule has 1 aromatic carbocycles. The number of aromatic nitrogens is 2. The lowest BCUT2D eigenvalue weighted by molar-refractivity contribution is 0.0525. The molecule has 1 aromatic heterocycles. The van der Waals surface area contributed by atoms with E-state index in [2.05, 4.69) is 10.4 Å². The summed E-state index contributed by atoms with van der Waals surface area (Å²) in [6.45, 7) is 5.96. The Bertz CT molecular complexity index is 780. The molecule has 0 saturated carbocycles. The number of nitrogens with one attached hydrogen (secondary N) is 1. The van der Waals surface area contributed by atoms with Crippen molar-refractivity contribution in [2.45, 2.75) is 32.9 Å². The van der Waals surface area contributed by atoms with Gasteiger partial charge in [0.25, 0.3) is 0 Å². The minimum absolute atomic E-state index is 0.159. The number of hydrogen-bond donors (Lipinski definition) is 2. The van der Waals surface area contributed by atoms with Crippen molar-refractivity contribution in [3.8, 4) is 11.1 Å². The highest BCUT2D eigenvalue weighted by Crippen LogP contribution is 2.24. The van der Waals surface area contributed by atoms with Crippen molar-refractivity contribution in [2.75, 3.05) is 6.54 Å². The van der Waals surface area contributed by atoms with Gasteiger partial charge in [-0.15, -0.1) is 0 Å². The second kappa shape index (κ2) is 7.33. The van der Waals surface area contributed by atoms with E-state index in [4.69, 9.17) is 9.84 Å². The molecule has 0 aliphatic heterocycles. The average Bonchev–Trinajstić information content (AvgIpc) is 2.94. The topological polar surface area (TPSA) is 93.5 Å². The van der Waals surface area contributed by atoms with Gasteiger partial charge in [0.05, 0.1) is 18.3 Å². The molecule has 0 bridgehead atoms. The van der Waals surface area contributed by atoms with Crippen LogP contribution >= 0.6 is 0 Å². The third kappa shape index (κ3) is 5.03. The molecular formula is C17H20FN3O4. The van der Waals surface area contributed by atoms with Crippen molar-refractivity contribution in [1.82, 2.24) is 15.1 Å². The Morgan fingerprint density at radius 1 is 1.36 bits per heavy atom. The summed E-state index contributed by atoms with van der Waals surface area (Å²) in [4.78, 5) is 22.6. The zero-order valence-electron chi connectivity index (χ0n) is 14.2. The van der Waals surface area contributed by atoms with E-state index in [-0.39, 0.29) is 12.1 Å². The van der Waals surface area contributed by atoms with E-state index in [1.165, 1.54) is 29.1 Å². The number of hydrogen-bond acceptors (Lipinski definition) is 4. The van der Waals surface area contributed by atoms with Gasteiger partial charge in [-0.1, -0.05) is 12.1 Å². The Morgan fingerprint density at radius 2 is 2.08 bits per heavy atom. The van der Waals surface area contributed by atoms with Crippen molar-refractivity contribution in [3.63, 3.8) is 0 Å². The molecule has 0 radical (unpaired) electrons. The van der Waals surface area contributed by atoms with Crippen molar-refractivity contribution in [2.24, 2.45) is 0 Å². The lowest BCUT2D eigenvalue weighted by Crippen LogP contribution is -2.34. The van der Waals surface area contributed by atoms with Crippen LogP contribution < -0.4 is 5.32 Å². The zero-order valence-corrected chi connectivity index (χ0v) is 14.2. The summed E-state index contributed by atoms with van der Waals surface area (Å²) in [5.41, 5.74) is -0.351. The van der Waals surface area contributed by atoms with E-state index in [1.807, 2.05) is 0 Å². The Labute approximate surface area is 144 Å². The van der Waals surface area contributed by atoms with Crippen LogP contribution in [-0.4, -0.2) is 39.1 Å². The van der Waals surface area contributed by atoms with Crippen molar-refractivity contribution in [3.05, 3.63) is 42.0 Å². The maximum absolute atomic E-state index is 14.2. The normalized spacial score (nSPS) is 11.2. The lowest BCUT2D eigenvalue weighted by Gasteiger charge is -2.19. The fourth-order valence-electron chi connectivity index (χ4n) is 2.13. The van der Waals surface area contributed by atoms with Gasteiger partial charge >= 0.3 is 12.1 Å². The number of carboxylic acid groups (broad SMARTS) is 1. The monoisotopic (exact) mass is 349 g/mol. The fraction of sp³-hybridized carbons (Fsp3) is 0.353. The van der Waals surface area contributed by atoms with Crippen LogP contribution in [0.5, 0.6) is 0 Å². The molecule has 2 aromatic rings. The van der Waals surface area contributed by atoms with Gasteiger partial charge in [0.15, 0.2) is 0 Å². The van der Waals surface area contributed by atoms with Crippen LogP contribution in [0.15, 0.2) is 30.6 Å². The van der Waals surface area contributed by atoms with Crippen molar-refractivity contribution < 1.29 is 23.8 Å². The first-order valence-electron chi connectivity index (χ1n) is 7.69. The van der Waals surface area contributed by atoms with Crippen LogP contribution in [0.3, 0.4) is 0 Å². The highest BCUT2D eigenvalue weighted by molar-refractivity contribution is 5.89. The molecule has 0 aliphatic rings. The third-order valence-corrected chi connectivity index (χ3v) is 3.18. The number of alkyl carbamates (subject to hydrolysis) is 1.